The van der Waals surface area contributed by atoms with Crippen LogP contribution in [0.1, 0.15) is 51.2 Å². The van der Waals surface area contributed by atoms with Gasteiger partial charge in [0.15, 0.2) is 0 Å². The number of carboxylic acid groups (broad SMARTS) is 1. The average Bonchev–Trinajstić information content (AvgIpc) is 3.46. The van der Waals surface area contributed by atoms with Crippen LogP contribution in [0.3, 0.4) is 0 Å². The van der Waals surface area contributed by atoms with Gasteiger partial charge in [-0.05, 0) is 79.1 Å². The number of rotatable bonds is 4. The van der Waals surface area contributed by atoms with E-state index in [1.54, 1.807) is 36.4 Å². The topological polar surface area (TPSA) is 121 Å². The van der Waals surface area contributed by atoms with Crippen molar-refractivity contribution >= 4 is 84.3 Å². The lowest BCUT2D eigenvalue weighted by atomic mass is 10.2. The van der Waals surface area contributed by atoms with Crippen LogP contribution in [-0.4, -0.2) is 45.3 Å². The van der Waals surface area contributed by atoms with Gasteiger partial charge < -0.3 is 20.1 Å². The summed E-state index contributed by atoms with van der Waals surface area (Å²) in [4.78, 5) is 32.2. The van der Waals surface area contributed by atoms with Crippen LogP contribution in [0.25, 0.3) is 20.2 Å². The van der Waals surface area contributed by atoms with E-state index in [1.165, 1.54) is 22.7 Å². The van der Waals surface area contributed by atoms with Crippen molar-refractivity contribution < 1.29 is 47.6 Å². The van der Waals surface area contributed by atoms with Gasteiger partial charge in [0.2, 0.25) is 6.29 Å². The summed E-state index contributed by atoms with van der Waals surface area (Å²) in [5, 5.41) is 29.6. The lowest BCUT2D eigenvalue weighted by Gasteiger charge is -2.18. The standard InChI is InChI=1S/C14H15ClO3S.C10H7ClO3S.C2HF3O/c1-14(2,3)18-13(17)12-5-8-4-10(15)9(7-16)6-11(8)19-12;11-7-1-5-2-9(10(13)14)15-8(5)3-6(7)4-12;3-2(4,5)1-6/h4-6,16H,7H2,1-3H3;1-3,12H,4H2,(H,13,14);1H. The molecule has 3 N–H and O–H groups in total. The number of fused-ring (bicyclic) bond motifs is 2. The molecular formula is C26H23Cl2F3O7S2. The van der Waals surface area contributed by atoms with E-state index < -0.39 is 24.0 Å². The molecule has 4 aromatic rings. The van der Waals surface area contributed by atoms with Crippen molar-refractivity contribution in [1.82, 2.24) is 0 Å². The summed E-state index contributed by atoms with van der Waals surface area (Å²) in [7, 11) is 0. The van der Waals surface area contributed by atoms with E-state index in [4.69, 9.17) is 42.9 Å². The highest BCUT2D eigenvalue weighted by molar-refractivity contribution is 7.21. The number of hydrogen-bond donors (Lipinski definition) is 3. The number of thiophene rings is 2. The number of aldehydes is 1. The van der Waals surface area contributed by atoms with Gasteiger partial charge in [-0.3, -0.25) is 4.79 Å². The predicted molar refractivity (Wildman–Crippen MR) is 150 cm³/mol. The molecule has 4 rings (SSSR count). The Morgan fingerprint density at radius 1 is 0.850 bits per heavy atom. The van der Waals surface area contributed by atoms with Gasteiger partial charge in [-0.25, -0.2) is 9.59 Å². The first kappa shape index (κ1) is 33.5. The summed E-state index contributed by atoms with van der Waals surface area (Å²) in [5.41, 5.74) is 0.760. The number of carboxylic acids is 1. The van der Waals surface area contributed by atoms with Gasteiger partial charge in [0.25, 0.3) is 0 Å². The second kappa shape index (κ2) is 13.7. The molecule has 0 aliphatic heterocycles. The molecule has 216 valence electrons. The number of carbonyl (C=O) groups excluding carboxylic acids is 2. The summed E-state index contributed by atoms with van der Waals surface area (Å²) in [6, 6.07) is 10.3. The molecule has 0 atom stereocenters. The summed E-state index contributed by atoms with van der Waals surface area (Å²) in [6.45, 7) is 5.24. The normalized spacial score (nSPS) is 11.3. The average molecular weight is 639 g/mol. The number of alkyl halides is 3. The van der Waals surface area contributed by atoms with E-state index in [9.17, 15) is 27.9 Å². The van der Waals surface area contributed by atoms with Gasteiger partial charge in [0, 0.05) is 19.4 Å². The summed E-state index contributed by atoms with van der Waals surface area (Å²) in [6.07, 6.45) is -5.70. The van der Waals surface area contributed by atoms with Gasteiger partial charge in [-0.2, -0.15) is 13.2 Å². The number of carbonyl (C=O) groups is 3. The summed E-state index contributed by atoms with van der Waals surface area (Å²) >= 11 is 14.4. The molecule has 0 aliphatic rings. The number of hydrogen-bond acceptors (Lipinski definition) is 8. The maximum absolute atomic E-state index is 12.0. The molecule has 2 aromatic carbocycles. The maximum atomic E-state index is 12.0. The first-order valence-corrected chi connectivity index (χ1v) is 13.5. The molecule has 40 heavy (non-hydrogen) atoms. The molecule has 0 unspecified atom stereocenters. The number of esters is 1. The van der Waals surface area contributed by atoms with Crippen molar-refractivity contribution in [3.05, 3.63) is 67.3 Å². The molecule has 2 heterocycles. The zero-order valence-electron chi connectivity index (χ0n) is 21.1. The maximum Gasteiger partial charge on any atom is 0.446 e. The number of halogens is 5. The zero-order chi connectivity index (χ0) is 30.4. The minimum Gasteiger partial charge on any atom is -0.477 e. The fourth-order valence-electron chi connectivity index (χ4n) is 2.98. The third-order valence-electron chi connectivity index (χ3n) is 4.66. The van der Waals surface area contributed by atoms with Gasteiger partial charge in [0.1, 0.15) is 15.4 Å². The highest BCUT2D eigenvalue weighted by Gasteiger charge is 2.25. The van der Waals surface area contributed by atoms with Crippen LogP contribution in [0.4, 0.5) is 13.2 Å². The van der Waals surface area contributed by atoms with Crippen LogP contribution in [0, 0.1) is 0 Å². The number of aliphatic hydroxyl groups is 2. The van der Waals surface area contributed by atoms with Crippen molar-refractivity contribution in [2.45, 2.75) is 45.8 Å². The van der Waals surface area contributed by atoms with Crippen molar-refractivity contribution in [2.24, 2.45) is 0 Å². The van der Waals surface area contributed by atoms with E-state index in [0.29, 0.717) is 26.0 Å². The number of aromatic carboxylic acids is 1. The number of aliphatic hydroxyl groups excluding tert-OH is 2. The molecule has 7 nitrogen and oxygen atoms in total. The second-order valence-corrected chi connectivity index (χ2v) is 11.9. The fraction of sp³-hybridized carbons (Fsp3) is 0.269. The Morgan fingerprint density at radius 2 is 1.25 bits per heavy atom. The van der Waals surface area contributed by atoms with Crippen LogP contribution >= 0.6 is 45.9 Å². The van der Waals surface area contributed by atoms with Crippen molar-refractivity contribution in [3.8, 4) is 0 Å². The van der Waals surface area contributed by atoms with Crippen LogP contribution in [0.15, 0.2) is 36.4 Å². The van der Waals surface area contributed by atoms with E-state index in [0.717, 1.165) is 20.2 Å². The third-order valence-corrected chi connectivity index (χ3v) is 7.52. The summed E-state index contributed by atoms with van der Waals surface area (Å²) in [5.74, 6) is -1.28. The second-order valence-electron chi connectivity index (χ2n) is 8.97. The molecule has 0 spiro atoms. The highest BCUT2D eigenvalue weighted by Crippen LogP contribution is 2.32. The van der Waals surface area contributed by atoms with E-state index in [-0.39, 0.29) is 24.1 Å². The fourth-order valence-corrected chi connectivity index (χ4v) is 5.37. The van der Waals surface area contributed by atoms with Crippen molar-refractivity contribution in [1.29, 1.82) is 0 Å². The van der Waals surface area contributed by atoms with E-state index in [2.05, 4.69) is 0 Å². The van der Waals surface area contributed by atoms with Crippen LogP contribution in [0.2, 0.25) is 10.0 Å². The van der Waals surface area contributed by atoms with Crippen LogP contribution in [-0.2, 0) is 22.7 Å². The molecular weight excluding hydrogens is 616 g/mol. The predicted octanol–water partition coefficient (Wildman–Crippen LogP) is 7.50. The van der Waals surface area contributed by atoms with Crippen LogP contribution in [0.5, 0.6) is 0 Å². The molecule has 0 saturated heterocycles. The molecule has 0 radical (unpaired) electrons. The van der Waals surface area contributed by atoms with Gasteiger partial charge in [-0.15, -0.1) is 22.7 Å². The first-order chi connectivity index (χ1) is 18.5. The van der Waals surface area contributed by atoms with Crippen molar-refractivity contribution in [3.63, 3.8) is 0 Å². The zero-order valence-corrected chi connectivity index (χ0v) is 24.3. The monoisotopic (exact) mass is 638 g/mol. The lowest BCUT2D eigenvalue weighted by Crippen LogP contribution is -2.23. The molecule has 0 bridgehead atoms. The highest BCUT2D eigenvalue weighted by atomic mass is 35.5. The first-order valence-electron chi connectivity index (χ1n) is 11.1. The van der Waals surface area contributed by atoms with Gasteiger partial charge in [0.05, 0.1) is 13.2 Å². The largest absolute Gasteiger partial charge is 0.477 e. The number of ether oxygens (including phenoxy) is 1. The third kappa shape index (κ3) is 9.72. The smallest absolute Gasteiger partial charge is 0.446 e. The summed E-state index contributed by atoms with van der Waals surface area (Å²) < 4.78 is 38.3. The Balaban J connectivity index is 0.000000238. The quantitative estimate of drug-likeness (QED) is 0.156. The van der Waals surface area contributed by atoms with Gasteiger partial charge in [-0.1, -0.05) is 23.2 Å². The minimum absolute atomic E-state index is 0.117. The molecule has 0 saturated carbocycles. The molecule has 0 amide bonds. The molecule has 0 aliphatic carbocycles. The van der Waals surface area contributed by atoms with E-state index in [1.807, 2.05) is 20.8 Å². The molecule has 14 heteroatoms. The Bertz CT molecular complexity index is 1520. The Kier molecular flexibility index (Phi) is 11.5. The lowest BCUT2D eigenvalue weighted by molar-refractivity contribution is -0.156. The van der Waals surface area contributed by atoms with Crippen molar-refractivity contribution in [2.75, 3.05) is 0 Å². The van der Waals surface area contributed by atoms with E-state index >= 15 is 0 Å². The molecule has 0 fully saturated rings. The SMILES string of the molecule is CC(C)(C)OC(=O)c1cc2cc(Cl)c(CO)cc2s1.O=C(O)c1cc2cc(Cl)c(CO)cc2s1.O=CC(F)(F)F. The number of benzene rings is 2. The Labute approximate surface area is 244 Å². The molecule has 2 aromatic heterocycles. The van der Waals surface area contributed by atoms with Gasteiger partial charge >= 0.3 is 18.1 Å². The van der Waals surface area contributed by atoms with Crippen LogP contribution < -0.4 is 0 Å². The Morgan fingerprint density at radius 3 is 1.60 bits per heavy atom. The Hall–Kier alpha value is -2.74. The minimum atomic E-state index is -4.64.